The third-order valence-electron chi connectivity index (χ3n) is 4.60. The minimum atomic E-state index is -4.20. The van der Waals surface area contributed by atoms with Crippen LogP contribution in [-0.2, 0) is 5.54 Å². The van der Waals surface area contributed by atoms with E-state index in [0.717, 1.165) is 5.56 Å². The van der Waals surface area contributed by atoms with Crippen LogP contribution in [0.5, 0.6) is 0 Å². The molecule has 0 aliphatic carbocycles. The molecule has 0 unspecified atom stereocenters. The van der Waals surface area contributed by atoms with Crippen LogP contribution < -0.4 is 0 Å². The van der Waals surface area contributed by atoms with Crippen molar-refractivity contribution in [1.29, 1.82) is 0 Å². The number of hydrogen-bond acceptors (Lipinski definition) is 3. The number of rotatable bonds is 1. The molecule has 0 aromatic carbocycles. The second-order valence-corrected chi connectivity index (χ2v) is 6.20. The molecule has 1 amide bonds. The molecule has 4 nitrogen and oxygen atoms in total. The molecule has 1 aromatic heterocycles. The molecular weight excluding hydrogens is 319 g/mol. The first kappa shape index (κ1) is 15.6. The number of hydrogen-bond donors (Lipinski definition) is 0. The molecule has 22 heavy (non-hydrogen) atoms. The monoisotopic (exact) mass is 333 g/mol. The maximum atomic E-state index is 12.5. The van der Waals surface area contributed by atoms with Gasteiger partial charge in [-0.25, -0.2) is 4.98 Å². The first-order chi connectivity index (χ1) is 10.2. The fourth-order valence-electron chi connectivity index (χ4n) is 3.45. The number of alkyl halides is 3. The Morgan fingerprint density at radius 2 is 1.95 bits per heavy atom. The number of fused-ring (bicyclic) bond motifs is 2. The van der Waals surface area contributed by atoms with Gasteiger partial charge in [-0.15, -0.1) is 0 Å². The number of carbonyl (C=O) groups excluding carboxylic acids is 1. The van der Waals surface area contributed by atoms with Gasteiger partial charge in [-0.3, -0.25) is 9.69 Å². The molecule has 3 rings (SSSR count). The fourth-order valence-corrected chi connectivity index (χ4v) is 3.59. The Labute approximate surface area is 130 Å². The van der Waals surface area contributed by atoms with Gasteiger partial charge in [-0.2, -0.15) is 13.2 Å². The number of piperidine rings is 1. The summed E-state index contributed by atoms with van der Waals surface area (Å²) < 4.78 is 37.5. The summed E-state index contributed by atoms with van der Waals surface area (Å²) in [6, 6.07) is 3.39. The minimum Gasteiger partial charge on any atom is -0.330 e. The zero-order valence-corrected chi connectivity index (χ0v) is 12.7. The van der Waals surface area contributed by atoms with E-state index in [4.69, 9.17) is 11.6 Å². The smallest absolute Gasteiger partial charge is 0.330 e. The number of nitrogens with zero attached hydrogens (tertiary/aromatic N) is 3. The van der Waals surface area contributed by atoms with Crippen molar-refractivity contribution in [3.05, 3.63) is 28.5 Å². The van der Waals surface area contributed by atoms with E-state index in [2.05, 4.69) is 4.98 Å². The molecule has 1 saturated heterocycles. The van der Waals surface area contributed by atoms with Gasteiger partial charge < -0.3 is 4.90 Å². The second kappa shape index (κ2) is 5.09. The summed E-state index contributed by atoms with van der Waals surface area (Å²) in [6.07, 6.45) is -3.28. The van der Waals surface area contributed by atoms with Crippen molar-refractivity contribution in [3.63, 3.8) is 0 Å². The molecule has 0 N–H and O–H groups in total. The molecule has 2 aliphatic heterocycles. The molecule has 2 aliphatic rings. The summed E-state index contributed by atoms with van der Waals surface area (Å²) in [6.45, 7) is -0.329. The number of likely N-dealkylation sites (tertiary alicyclic amines) is 1. The number of halogens is 4. The number of pyridine rings is 1. The Morgan fingerprint density at radius 3 is 2.55 bits per heavy atom. The van der Waals surface area contributed by atoms with E-state index in [0.29, 0.717) is 31.6 Å². The van der Waals surface area contributed by atoms with Crippen LogP contribution in [-0.4, -0.2) is 53.5 Å². The van der Waals surface area contributed by atoms with E-state index in [1.807, 2.05) is 0 Å². The average Bonchev–Trinajstić information content (AvgIpc) is 2.63. The lowest BCUT2D eigenvalue weighted by Crippen LogP contribution is -2.51. The lowest BCUT2D eigenvalue weighted by Gasteiger charge is -2.44. The topological polar surface area (TPSA) is 36.4 Å². The highest BCUT2D eigenvalue weighted by atomic mass is 35.5. The van der Waals surface area contributed by atoms with Crippen LogP contribution in [0.1, 0.15) is 28.9 Å². The zero-order chi connectivity index (χ0) is 16.1. The second-order valence-electron chi connectivity index (χ2n) is 5.82. The molecule has 0 atom stereocenters. The largest absolute Gasteiger partial charge is 0.401 e. The molecule has 0 radical (unpaired) electrons. The third-order valence-corrected chi connectivity index (χ3v) is 4.81. The quantitative estimate of drug-likeness (QED) is 0.741. The number of aromatic nitrogens is 1. The van der Waals surface area contributed by atoms with Gasteiger partial charge in [0.1, 0.15) is 10.8 Å². The van der Waals surface area contributed by atoms with Gasteiger partial charge in [0.25, 0.3) is 5.91 Å². The van der Waals surface area contributed by atoms with Crippen LogP contribution in [0.3, 0.4) is 0 Å². The van der Waals surface area contributed by atoms with Crippen molar-refractivity contribution in [3.8, 4) is 0 Å². The van der Waals surface area contributed by atoms with Crippen molar-refractivity contribution in [2.24, 2.45) is 0 Å². The predicted molar refractivity (Wildman–Crippen MR) is 74.7 cm³/mol. The van der Waals surface area contributed by atoms with Crippen LogP contribution in [0, 0.1) is 0 Å². The Morgan fingerprint density at radius 1 is 1.32 bits per heavy atom. The van der Waals surface area contributed by atoms with Gasteiger partial charge in [0.05, 0.1) is 12.1 Å². The molecule has 3 heterocycles. The molecule has 120 valence electrons. The summed E-state index contributed by atoms with van der Waals surface area (Å²) >= 11 is 5.84. The molecule has 8 heteroatoms. The Hall–Kier alpha value is -1.34. The maximum Gasteiger partial charge on any atom is 0.401 e. The van der Waals surface area contributed by atoms with Crippen molar-refractivity contribution in [1.82, 2.24) is 14.8 Å². The van der Waals surface area contributed by atoms with Gasteiger partial charge in [-0.1, -0.05) is 17.7 Å². The summed E-state index contributed by atoms with van der Waals surface area (Å²) in [5.74, 6) is -0.221. The molecular formula is C14H15ClF3N3O. The summed E-state index contributed by atoms with van der Waals surface area (Å²) in [5, 5.41) is 0.243. The van der Waals surface area contributed by atoms with Crippen molar-refractivity contribution in [2.75, 3.05) is 26.7 Å². The normalized spacial score (nSPS) is 21.5. The first-order valence-corrected chi connectivity index (χ1v) is 7.35. The molecule has 1 aromatic rings. The van der Waals surface area contributed by atoms with Gasteiger partial charge in [-0.05, 0) is 18.9 Å². The summed E-state index contributed by atoms with van der Waals surface area (Å²) in [5.41, 5.74) is 0.530. The third kappa shape index (κ3) is 2.46. The van der Waals surface area contributed by atoms with Crippen molar-refractivity contribution in [2.45, 2.75) is 24.6 Å². The Balaban J connectivity index is 1.86. The molecule has 0 saturated carbocycles. The molecule has 1 fully saturated rings. The Bertz CT molecular complexity index is 612. The highest BCUT2D eigenvalue weighted by Crippen LogP contribution is 2.45. The summed E-state index contributed by atoms with van der Waals surface area (Å²) in [4.78, 5) is 19.4. The van der Waals surface area contributed by atoms with Crippen molar-refractivity contribution < 1.29 is 18.0 Å². The van der Waals surface area contributed by atoms with Gasteiger partial charge in [0, 0.05) is 25.7 Å². The number of amides is 1. The van der Waals surface area contributed by atoms with E-state index < -0.39 is 18.3 Å². The predicted octanol–water partition coefficient (Wildman–Crippen LogP) is 2.67. The highest BCUT2D eigenvalue weighted by molar-refractivity contribution is 6.29. The Kier molecular flexibility index (Phi) is 3.60. The van der Waals surface area contributed by atoms with Crippen LogP contribution in [0.2, 0.25) is 5.15 Å². The number of carbonyl (C=O) groups is 1. The van der Waals surface area contributed by atoms with E-state index >= 15 is 0 Å². The fraction of sp³-hybridized carbons (Fsp3) is 0.571. The van der Waals surface area contributed by atoms with Crippen LogP contribution >= 0.6 is 11.6 Å². The van der Waals surface area contributed by atoms with Gasteiger partial charge in [0.15, 0.2) is 0 Å². The molecule has 1 spiro atoms. The van der Waals surface area contributed by atoms with Gasteiger partial charge in [0.2, 0.25) is 0 Å². The standard InChI is InChI=1S/C14H15ClF3N3O/c1-20-12(22)11-9(2-3-10(15)19-11)13(20)4-6-21(7-5-13)8-14(16,17)18/h2-3H,4-8H2,1H3. The first-order valence-electron chi connectivity index (χ1n) is 6.97. The zero-order valence-electron chi connectivity index (χ0n) is 12.0. The average molecular weight is 334 g/mol. The van der Waals surface area contributed by atoms with Crippen LogP contribution in [0.25, 0.3) is 0 Å². The lowest BCUT2D eigenvalue weighted by atomic mass is 9.82. The lowest BCUT2D eigenvalue weighted by molar-refractivity contribution is -0.150. The summed E-state index contributed by atoms with van der Waals surface area (Å²) in [7, 11) is 1.68. The van der Waals surface area contributed by atoms with E-state index in [-0.39, 0.29) is 11.1 Å². The minimum absolute atomic E-state index is 0.221. The van der Waals surface area contributed by atoms with E-state index in [1.165, 1.54) is 4.90 Å². The maximum absolute atomic E-state index is 12.5. The van der Waals surface area contributed by atoms with E-state index in [9.17, 15) is 18.0 Å². The van der Waals surface area contributed by atoms with Crippen LogP contribution in [0.4, 0.5) is 13.2 Å². The highest BCUT2D eigenvalue weighted by Gasteiger charge is 2.50. The van der Waals surface area contributed by atoms with Gasteiger partial charge >= 0.3 is 6.18 Å². The van der Waals surface area contributed by atoms with Crippen LogP contribution in [0.15, 0.2) is 12.1 Å². The SMILES string of the molecule is CN1C(=O)c2nc(Cl)ccc2C12CCN(CC(F)(F)F)CC2. The van der Waals surface area contributed by atoms with Crippen molar-refractivity contribution >= 4 is 17.5 Å². The van der Waals surface area contributed by atoms with E-state index in [1.54, 1.807) is 24.1 Å². The molecule has 0 bridgehead atoms.